The Morgan fingerprint density at radius 2 is 2.10 bits per heavy atom. The molecule has 0 atom stereocenters. The number of H-pyrrole nitrogens is 1. The van der Waals surface area contributed by atoms with Crippen molar-refractivity contribution < 1.29 is 0 Å². The van der Waals surface area contributed by atoms with Gasteiger partial charge in [0.1, 0.15) is 0 Å². The summed E-state index contributed by atoms with van der Waals surface area (Å²) in [6, 6.07) is 8.34. The van der Waals surface area contributed by atoms with Gasteiger partial charge in [0.25, 0.3) is 0 Å². The minimum Gasteiger partial charge on any atom is -0.360 e. The third-order valence-corrected chi connectivity index (χ3v) is 3.90. The summed E-state index contributed by atoms with van der Waals surface area (Å²) < 4.78 is 0. The molecule has 1 aromatic carbocycles. The minimum absolute atomic E-state index is 0.629. The molecule has 1 aliphatic rings. The van der Waals surface area contributed by atoms with Crippen LogP contribution in [0.15, 0.2) is 36.7 Å². The largest absolute Gasteiger partial charge is 0.360 e. The fourth-order valence-electron chi connectivity index (χ4n) is 2.69. The molecule has 100 valence electrons. The van der Waals surface area contributed by atoms with Gasteiger partial charge in [0.15, 0.2) is 0 Å². The van der Waals surface area contributed by atoms with Gasteiger partial charge in [-0.2, -0.15) is 0 Å². The van der Waals surface area contributed by atoms with E-state index in [2.05, 4.69) is 39.7 Å². The maximum atomic E-state index is 4.70. The highest BCUT2D eigenvalue weighted by atomic mass is 15.1. The van der Waals surface area contributed by atoms with E-state index >= 15 is 0 Å². The van der Waals surface area contributed by atoms with Crippen LogP contribution in [0.25, 0.3) is 22.2 Å². The van der Waals surface area contributed by atoms with E-state index in [1.165, 1.54) is 29.4 Å². The Balaban J connectivity index is 1.96. The zero-order valence-corrected chi connectivity index (χ0v) is 11.4. The molecular weight excluding hydrogens is 248 g/mol. The van der Waals surface area contributed by atoms with E-state index < -0.39 is 0 Å². The molecule has 4 heteroatoms. The van der Waals surface area contributed by atoms with Crippen LogP contribution in [0.1, 0.15) is 24.3 Å². The molecule has 0 spiro atoms. The molecule has 2 N–H and O–H groups in total. The first kappa shape index (κ1) is 11.5. The SMILES string of the molecule is CNc1ncc(C2CC2)c(-c2c[nH]c3ccccc23)n1. The first-order valence-electron chi connectivity index (χ1n) is 6.98. The maximum Gasteiger partial charge on any atom is 0.222 e. The van der Waals surface area contributed by atoms with Crippen molar-refractivity contribution in [3.8, 4) is 11.3 Å². The Kier molecular flexibility index (Phi) is 2.49. The zero-order valence-electron chi connectivity index (χ0n) is 11.4. The molecule has 2 aromatic heterocycles. The highest BCUT2D eigenvalue weighted by Gasteiger charge is 2.28. The highest BCUT2D eigenvalue weighted by molar-refractivity contribution is 5.95. The van der Waals surface area contributed by atoms with Crippen molar-refractivity contribution in [2.75, 3.05) is 12.4 Å². The van der Waals surface area contributed by atoms with Crippen molar-refractivity contribution in [2.24, 2.45) is 0 Å². The van der Waals surface area contributed by atoms with E-state index in [4.69, 9.17) is 4.98 Å². The summed E-state index contributed by atoms with van der Waals surface area (Å²) in [5, 5.41) is 4.25. The van der Waals surface area contributed by atoms with E-state index in [-0.39, 0.29) is 0 Å². The summed E-state index contributed by atoms with van der Waals surface area (Å²) in [4.78, 5) is 12.4. The Bertz CT molecular complexity index is 771. The van der Waals surface area contributed by atoms with Crippen molar-refractivity contribution in [3.05, 3.63) is 42.2 Å². The van der Waals surface area contributed by atoms with E-state index in [0.29, 0.717) is 11.9 Å². The van der Waals surface area contributed by atoms with E-state index in [1.54, 1.807) is 0 Å². The minimum atomic E-state index is 0.629. The Hall–Kier alpha value is -2.36. The lowest BCUT2D eigenvalue weighted by molar-refractivity contribution is 1.04. The number of nitrogens with one attached hydrogen (secondary N) is 2. The number of aromatic amines is 1. The van der Waals surface area contributed by atoms with Crippen molar-refractivity contribution in [3.63, 3.8) is 0 Å². The molecule has 0 amide bonds. The van der Waals surface area contributed by atoms with Crippen molar-refractivity contribution >= 4 is 16.9 Å². The summed E-state index contributed by atoms with van der Waals surface area (Å²) in [6.07, 6.45) is 6.53. The fourth-order valence-corrected chi connectivity index (χ4v) is 2.69. The van der Waals surface area contributed by atoms with Crippen LogP contribution in [-0.4, -0.2) is 22.0 Å². The summed E-state index contributed by atoms with van der Waals surface area (Å²) in [7, 11) is 1.85. The molecule has 0 unspecified atom stereocenters. The van der Waals surface area contributed by atoms with Crippen LogP contribution >= 0.6 is 0 Å². The normalized spacial score (nSPS) is 14.7. The van der Waals surface area contributed by atoms with Gasteiger partial charge in [0.05, 0.1) is 5.69 Å². The number of fused-ring (bicyclic) bond motifs is 1. The van der Waals surface area contributed by atoms with Gasteiger partial charge in [0.2, 0.25) is 5.95 Å². The lowest BCUT2D eigenvalue weighted by Gasteiger charge is -2.08. The van der Waals surface area contributed by atoms with Gasteiger partial charge in [-0.15, -0.1) is 0 Å². The molecule has 1 aliphatic carbocycles. The lowest BCUT2D eigenvalue weighted by atomic mass is 10.0. The number of para-hydroxylation sites is 1. The monoisotopic (exact) mass is 264 g/mol. The van der Waals surface area contributed by atoms with Crippen LogP contribution in [0, 0.1) is 0 Å². The second kappa shape index (κ2) is 4.34. The van der Waals surface area contributed by atoms with E-state index in [1.807, 2.05) is 19.3 Å². The van der Waals surface area contributed by atoms with Crippen LogP contribution < -0.4 is 5.32 Å². The third-order valence-electron chi connectivity index (χ3n) is 3.90. The molecule has 0 radical (unpaired) electrons. The van der Waals surface area contributed by atoms with Gasteiger partial charge < -0.3 is 10.3 Å². The fraction of sp³-hybridized carbons (Fsp3) is 0.250. The molecule has 0 bridgehead atoms. The average Bonchev–Trinajstić information content (AvgIpc) is 3.26. The zero-order chi connectivity index (χ0) is 13.5. The van der Waals surface area contributed by atoms with Gasteiger partial charge in [-0.3, -0.25) is 0 Å². The molecule has 4 rings (SSSR count). The van der Waals surface area contributed by atoms with Crippen LogP contribution in [0.2, 0.25) is 0 Å². The van der Waals surface area contributed by atoms with Gasteiger partial charge in [-0.05, 0) is 24.8 Å². The van der Waals surface area contributed by atoms with Crippen molar-refractivity contribution in [2.45, 2.75) is 18.8 Å². The molecule has 0 aliphatic heterocycles. The van der Waals surface area contributed by atoms with E-state index in [9.17, 15) is 0 Å². The predicted molar refractivity (Wildman–Crippen MR) is 80.8 cm³/mol. The quantitative estimate of drug-likeness (QED) is 0.760. The summed E-state index contributed by atoms with van der Waals surface area (Å²) in [5.41, 5.74) is 4.65. The molecule has 1 saturated carbocycles. The average molecular weight is 264 g/mol. The Morgan fingerprint density at radius 3 is 2.90 bits per heavy atom. The van der Waals surface area contributed by atoms with Crippen LogP contribution in [0.4, 0.5) is 5.95 Å². The molecule has 20 heavy (non-hydrogen) atoms. The highest BCUT2D eigenvalue weighted by Crippen LogP contribution is 2.44. The standard InChI is InChI=1S/C16H16N4/c1-17-16-19-8-12(10-6-7-10)15(20-16)13-9-18-14-5-3-2-4-11(13)14/h2-5,8-10,18H,6-7H2,1H3,(H,17,19,20). The molecular formula is C16H16N4. The number of aromatic nitrogens is 3. The van der Waals surface area contributed by atoms with Gasteiger partial charge in [-0.1, -0.05) is 18.2 Å². The van der Waals surface area contributed by atoms with Gasteiger partial charge >= 0.3 is 0 Å². The molecule has 2 heterocycles. The van der Waals surface area contributed by atoms with Gasteiger partial charge in [0, 0.05) is 41.5 Å². The summed E-state index contributed by atoms with van der Waals surface area (Å²) in [6.45, 7) is 0. The number of anilines is 1. The van der Waals surface area contributed by atoms with Crippen LogP contribution in [-0.2, 0) is 0 Å². The Labute approximate surface area is 117 Å². The first-order chi connectivity index (χ1) is 9.86. The topological polar surface area (TPSA) is 53.6 Å². The maximum absolute atomic E-state index is 4.70. The second-order valence-electron chi connectivity index (χ2n) is 5.27. The number of benzene rings is 1. The number of hydrogen-bond acceptors (Lipinski definition) is 3. The molecule has 0 saturated heterocycles. The summed E-state index contributed by atoms with van der Waals surface area (Å²) in [5.74, 6) is 1.30. The third kappa shape index (κ3) is 1.76. The smallest absolute Gasteiger partial charge is 0.222 e. The van der Waals surface area contributed by atoms with Crippen molar-refractivity contribution in [1.29, 1.82) is 0 Å². The van der Waals surface area contributed by atoms with E-state index in [0.717, 1.165) is 11.2 Å². The van der Waals surface area contributed by atoms with Crippen LogP contribution in [0.3, 0.4) is 0 Å². The Morgan fingerprint density at radius 1 is 1.25 bits per heavy atom. The predicted octanol–water partition coefficient (Wildman–Crippen LogP) is 3.54. The number of rotatable bonds is 3. The summed E-state index contributed by atoms with van der Waals surface area (Å²) >= 11 is 0. The molecule has 3 aromatic rings. The molecule has 4 nitrogen and oxygen atoms in total. The number of hydrogen-bond donors (Lipinski definition) is 2. The van der Waals surface area contributed by atoms with Gasteiger partial charge in [-0.25, -0.2) is 9.97 Å². The van der Waals surface area contributed by atoms with Crippen molar-refractivity contribution in [1.82, 2.24) is 15.0 Å². The molecule has 1 fully saturated rings. The van der Waals surface area contributed by atoms with Crippen LogP contribution in [0.5, 0.6) is 0 Å². The second-order valence-corrected chi connectivity index (χ2v) is 5.27. The first-order valence-corrected chi connectivity index (χ1v) is 6.98. The number of nitrogens with zero attached hydrogens (tertiary/aromatic N) is 2. The lowest BCUT2D eigenvalue weighted by Crippen LogP contribution is -2.00.